The van der Waals surface area contributed by atoms with E-state index in [9.17, 15) is 19.5 Å². The van der Waals surface area contributed by atoms with Gasteiger partial charge in [0.05, 0.1) is 0 Å². The van der Waals surface area contributed by atoms with Crippen LogP contribution in [0.1, 0.15) is 47.2 Å². The molecule has 4 rings (SSSR count). The lowest BCUT2D eigenvalue weighted by molar-refractivity contribution is -0.116. The van der Waals surface area contributed by atoms with E-state index in [2.05, 4.69) is 22.8 Å². The number of nitrogens with one attached hydrogen (secondary N) is 2. The van der Waals surface area contributed by atoms with Crippen LogP contribution in [-0.4, -0.2) is 40.8 Å². The van der Waals surface area contributed by atoms with E-state index in [4.69, 9.17) is 9.84 Å². The van der Waals surface area contributed by atoms with Crippen LogP contribution < -0.4 is 10.6 Å². The summed E-state index contributed by atoms with van der Waals surface area (Å²) in [5.41, 5.74) is 4.51. The SMILES string of the molecule is CC[C@@H](CC(=O)Nc1ccc(C(=O)O)c(O)c1)NC(=O)OCC1c2ccccc2-c2ccccc21. The van der Waals surface area contributed by atoms with Crippen molar-refractivity contribution in [1.29, 1.82) is 0 Å². The highest BCUT2D eigenvalue weighted by atomic mass is 16.5. The Morgan fingerprint density at radius 2 is 1.60 bits per heavy atom. The Kier molecular flexibility index (Phi) is 7.01. The molecule has 0 spiro atoms. The zero-order valence-electron chi connectivity index (χ0n) is 19.2. The molecule has 1 aliphatic rings. The van der Waals surface area contributed by atoms with Gasteiger partial charge in [-0.3, -0.25) is 4.79 Å². The number of ether oxygens (including phenoxy) is 1. The predicted molar refractivity (Wildman–Crippen MR) is 131 cm³/mol. The second-order valence-corrected chi connectivity index (χ2v) is 8.36. The predicted octanol–water partition coefficient (Wildman–Crippen LogP) is 4.74. The number of fused-ring (bicyclic) bond motifs is 3. The molecule has 3 aromatic carbocycles. The number of amides is 2. The number of carboxylic acids is 1. The average molecular weight is 475 g/mol. The summed E-state index contributed by atoms with van der Waals surface area (Å²) in [6.07, 6.45) is -0.113. The van der Waals surface area contributed by atoms with Crippen molar-refractivity contribution < 1.29 is 29.3 Å². The number of aromatic hydroxyl groups is 1. The number of benzene rings is 3. The number of alkyl carbamates (subject to hydrolysis) is 1. The molecule has 3 aromatic rings. The Hall–Kier alpha value is -4.33. The zero-order chi connectivity index (χ0) is 24.9. The summed E-state index contributed by atoms with van der Waals surface area (Å²) < 4.78 is 5.55. The van der Waals surface area contributed by atoms with Crippen LogP contribution in [0.15, 0.2) is 66.7 Å². The van der Waals surface area contributed by atoms with Gasteiger partial charge in [-0.15, -0.1) is 0 Å². The molecule has 0 radical (unpaired) electrons. The average Bonchev–Trinajstić information content (AvgIpc) is 3.16. The lowest BCUT2D eigenvalue weighted by Crippen LogP contribution is -2.38. The first-order valence-electron chi connectivity index (χ1n) is 11.3. The first kappa shape index (κ1) is 23.8. The van der Waals surface area contributed by atoms with Crippen LogP contribution in [0.4, 0.5) is 10.5 Å². The minimum atomic E-state index is -1.27. The number of carbonyl (C=O) groups is 3. The molecule has 0 aliphatic heterocycles. The fourth-order valence-electron chi connectivity index (χ4n) is 4.33. The molecule has 0 saturated carbocycles. The number of hydrogen-bond acceptors (Lipinski definition) is 5. The third-order valence-corrected chi connectivity index (χ3v) is 6.10. The van der Waals surface area contributed by atoms with Crippen molar-refractivity contribution in [3.63, 3.8) is 0 Å². The van der Waals surface area contributed by atoms with Crippen molar-refractivity contribution in [2.75, 3.05) is 11.9 Å². The van der Waals surface area contributed by atoms with Gasteiger partial charge in [-0.1, -0.05) is 55.5 Å². The first-order valence-corrected chi connectivity index (χ1v) is 11.3. The number of hydrogen-bond donors (Lipinski definition) is 4. The normalized spacial score (nSPS) is 12.8. The number of phenols is 1. The van der Waals surface area contributed by atoms with Gasteiger partial charge in [0.25, 0.3) is 0 Å². The van der Waals surface area contributed by atoms with E-state index in [1.807, 2.05) is 43.3 Å². The van der Waals surface area contributed by atoms with Gasteiger partial charge in [0.15, 0.2) is 0 Å². The van der Waals surface area contributed by atoms with E-state index in [0.717, 1.165) is 22.3 Å². The van der Waals surface area contributed by atoms with E-state index >= 15 is 0 Å². The third-order valence-electron chi connectivity index (χ3n) is 6.10. The summed E-state index contributed by atoms with van der Waals surface area (Å²) >= 11 is 0. The van der Waals surface area contributed by atoms with E-state index in [-0.39, 0.29) is 30.2 Å². The molecule has 2 amide bonds. The summed E-state index contributed by atoms with van der Waals surface area (Å²) in [7, 11) is 0. The van der Waals surface area contributed by atoms with Crippen molar-refractivity contribution in [2.45, 2.75) is 31.7 Å². The van der Waals surface area contributed by atoms with Crippen molar-refractivity contribution in [3.8, 4) is 16.9 Å². The minimum Gasteiger partial charge on any atom is -0.507 e. The molecule has 0 aromatic heterocycles. The Morgan fingerprint density at radius 3 is 2.17 bits per heavy atom. The number of carboxylic acid groups (broad SMARTS) is 1. The summed E-state index contributed by atoms with van der Waals surface area (Å²) in [5, 5.41) is 24.1. The van der Waals surface area contributed by atoms with Gasteiger partial charge < -0.3 is 25.6 Å². The molecule has 180 valence electrons. The lowest BCUT2D eigenvalue weighted by atomic mass is 9.98. The quantitative estimate of drug-likeness (QED) is 0.374. The van der Waals surface area contributed by atoms with Crippen LogP contribution in [0, 0.1) is 0 Å². The zero-order valence-corrected chi connectivity index (χ0v) is 19.2. The highest BCUT2D eigenvalue weighted by molar-refractivity contribution is 5.94. The van der Waals surface area contributed by atoms with Crippen molar-refractivity contribution in [2.24, 2.45) is 0 Å². The standard InChI is InChI=1S/C27H26N2O6/c1-2-16(14-25(31)28-17-11-12-22(26(32)33)24(30)13-17)29-27(34)35-15-23-20-9-5-3-7-18(20)19-8-4-6-10-21(19)23/h3-13,16,23,30H,2,14-15H2,1H3,(H,28,31)(H,29,34)(H,32,33)/t16-/m0/s1. The van der Waals surface area contributed by atoms with E-state index < -0.39 is 29.8 Å². The Morgan fingerprint density at radius 1 is 0.971 bits per heavy atom. The molecule has 0 fully saturated rings. The topological polar surface area (TPSA) is 125 Å². The molecule has 1 aliphatic carbocycles. The molecular formula is C27H26N2O6. The van der Waals surface area contributed by atoms with Gasteiger partial charge in [-0.2, -0.15) is 0 Å². The molecule has 0 heterocycles. The molecule has 4 N–H and O–H groups in total. The Balaban J connectivity index is 1.33. The second kappa shape index (κ2) is 10.3. The number of aromatic carboxylic acids is 1. The van der Waals surface area contributed by atoms with Crippen LogP contribution in [-0.2, 0) is 9.53 Å². The van der Waals surface area contributed by atoms with Gasteiger partial charge in [0.1, 0.15) is 17.9 Å². The van der Waals surface area contributed by atoms with Crippen molar-refractivity contribution in [1.82, 2.24) is 5.32 Å². The summed E-state index contributed by atoms with van der Waals surface area (Å²) in [4.78, 5) is 36.0. The van der Waals surface area contributed by atoms with Crippen LogP contribution in [0.25, 0.3) is 11.1 Å². The maximum Gasteiger partial charge on any atom is 0.407 e. The highest BCUT2D eigenvalue weighted by Crippen LogP contribution is 2.44. The monoisotopic (exact) mass is 474 g/mol. The summed E-state index contributed by atoms with van der Waals surface area (Å²) in [5.74, 6) is -2.16. The molecular weight excluding hydrogens is 448 g/mol. The molecule has 0 unspecified atom stereocenters. The molecule has 0 bridgehead atoms. The maximum atomic E-state index is 12.5. The maximum absolute atomic E-state index is 12.5. The third kappa shape index (κ3) is 5.27. The highest BCUT2D eigenvalue weighted by Gasteiger charge is 2.29. The molecule has 8 heteroatoms. The fourth-order valence-corrected chi connectivity index (χ4v) is 4.33. The molecule has 35 heavy (non-hydrogen) atoms. The fraction of sp³-hybridized carbons (Fsp3) is 0.222. The number of carbonyl (C=O) groups excluding carboxylic acids is 2. The Bertz CT molecular complexity index is 1230. The largest absolute Gasteiger partial charge is 0.507 e. The van der Waals surface area contributed by atoms with E-state index in [1.165, 1.54) is 18.2 Å². The van der Waals surface area contributed by atoms with E-state index in [0.29, 0.717) is 6.42 Å². The minimum absolute atomic E-state index is 0.0118. The molecule has 8 nitrogen and oxygen atoms in total. The number of anilines is 1. The van der Waals surface area contributed by atoms with Gasteiger partial charge in [-0.05, 0) is 40.8 Å². The summed E-state index contributed by atoms with van der Waals surface area (Å²) in [6, 6.07) is 19.4. The van der Waals surface area contributed by atoms with Crippen LogP contribution >= 0.6 is 0 Å². The van der Waals surface area contributed by atoms with Crippen molar-refractivity contribution >= 4 is 23.7 Å². The summed E-state index contributed by atoms with van der Waals surface area (Å²) in [6.45, 7) is 2.02. The van der Waals surface area contributed by atoms with Gasteiger partial charge in [-0.25, -0.2) is 9.59 Å². The molecule has 0 saturated heterocycles. The smallest absolute Gasteiger partial charge is 0.407 e. The van der Waals surface area contributed by atoms with Crippen LogP contribution in [0.3, 0.4) is 0 Å². The van der Waals surface area contributed by atoms with Gasteiger partial charge in [0, 0.05) is 30.1 Å². The second-order valence-electron chi connectivity index (χ2n) is 8.36. The first-order chi connectivity index (χ1) is 16.9. The van der Waals surface area contributed by atoms with Gasteiger partial charge in [0.2, 0.25) is 5.91 Å². The number of rotatable bonds is 8. The van der Waals surface area contributed by atoms with Crippen LogP contribution in [0.5, 0.6) is 5.75 Å². The molecule has 1 atom stereocenters. The lowest BCUT2D eigenvalue weighted by Gasteiger charge is -2.19. The van der Waals surface area contributed by atoms with Gasteiger partial charge >= 0.3 is 12.1 Å². The van der Waals surface area contributed by atoms with Crippen molar-refractivity contribution in [3.05, 3.63) is 83.4 Å². The van der Waals surface area contributed by atoms with E-state index in [1.54, 1.807) is 0 Å². The Labute approximate surface area is 202 Å². The van der Waals surface area contributed by atoms with Crippen LogP contribution in [0.2, 0.25) is 0 Å².